The van der Waals surface area contributed by atoms with Gasteiger partial charge in [0.25, 0.3) is 0 Å². The Bertz CT molecular complexity index is 922. The van der Waals surface area contributed by atoms with E-state index in [0.717, 1.165) is 23.2 Å². The molecule has 2 aromatic carbocycles. The van der Waals surface area contributed by atoms with Gasteiger partial charge in [0.15, 0.2) is 0 Å². The second-order valence-electron chi connectivity index (χ2n) is 6.57. The van der Waals surface area contributed by atoms with Gasteiger partial charge in [0.2, 0.25) is 15.9 Å². The minimum atomic E-state index is -3.58. The molecule has 5 nitrogen and oxygen atoms in total. The van der Waals surface area contributed by atoms with Crippen LogP contribution in [0.5, 0.6) is 0 Å². The van der Waals surface area contributed by atoms with Gasteiger partial charge >= 0.3 is 0 Å². The Morgan fingerprint density at radius 3 is 2.40 bits per heavy atom. The first-order valence-corrected chi connectivity index (χ1v) is 9.92. The summed E-state index contributed by atoms with van der Waals surface area (Å²) in [6, 6.07) is 14.3. The predicted octanol–water partition coefficient (Wildman–Crippen LogP) is 3.08. The van der Waals surface area contributed by atoms with Gasteiger partial charge in [-0.2, -0.15) is 4.31 Å². The third-order valence-corrected chi connectivity index (χ3v) is 7.02. The molecular weight excluding hydrogens is 336 g/mol. The van der Waals surface area contributed by atoms with E-state index in [0.29, 0.717) is 19.5 Å². The molecule has 2 aliphatic heterocycles. The molecule has 2 aliphatic rings. The monoisotopic (exact) mass is 356 g/mol. The van der Waals surface area contributed by atoms with Crippen LogP contribution in [-0.2, 0) is 21.4 Å². The zero-order valence-corrected chi connectivity index (χ0v) is 14.9. The van der Waals surface area contributed by atoms with E-state index in [1.54, 1.807) is 29.2 Å². The summed E-state index contributed by atoms with van der Waals surface area (Å²) in [5, 5.41) is 0. The van der Waals surface area contributed by atoms with Crippen LogP contribution in [0, 0.1) is 0 Å². The molecule has 25 heavy (non-hydrogen) atoms. The molecule has 2 heterocycles. The first-order chi connectivity index (χ1) is 12.0. The Labute approximate surface area is 147 Å². The highest BCUT2D eigenvalue weighted by atomic mass is 32.2. The van der Waals surface area contributed by atoms with Gasteiger partial charge in [0.05, 0.1) is 4.90 Å². The fourth-order valence-electron chi connectivity index (χ4n) is 3.69. The van der Waals surface area contributed by atoms with Crippen molar-refractivity contribution in [2.75, 3.05) is 11.4 Å². The number of amides is 1. The first-order valence-electron chi connectivity index (χ1n) is 8.48. The van der Waals surface area contributed by atoms with Crippen LogP contribution in [-0.4, -0.2) is 25.2 Å². The molecule has 4 rings (SSSR count). The second-order valence-corrected chi connectivity index (χ2v) is 8.46. The number of hydrogen-bond donors (Lipinski definition) is 0. The van der Waals surface area contributed by atoms with Gasteiger partial charge in [0, 0.05) is 31.2 Å². The van der Waals surface area contributed by atoms with Crippen LogP contribution in [0.2, 0.25) is 0 Å². The molecule has 0 aromatic heterocycles. The van der Waals surface area contributed by atoms with Crippen molar-refractivity contribution in [3.8, 4) is 0 Å². The van der Waals surface area contributed by atoms with Crippen molar-refractivity contribution < 1.29 is 13.2 Å². The van der Waals surface area contributed by atoms with Crippen LogP contribution in [0.15, 0.2) is 53.4 Å². The van der Waals surface area contributed by atoms with E-state index in [1.165, 1.54) is 4.31 Å². The average molecular weight is 356 g/mol. The highest BCUT2D eigenvalue weighted by Gasteiger charge is 2.36. The normalized spacial score (nSPS) is 20.9. The molecule has 6 heteroatoms. The summed E-state index contributed by atoms with van der Waals surface area (Å²) in [6.07, 6.45) is 1.41. The molecule has 1 saturated heterocycles. The topological polar surface area (TPSA) is 57.7 Å². The second kappa shape index (κ2) is 5.97. The number of nitrogens with zero attached hydrogens (tertiary/aromatic N) is 2. The molecule has 0 bridgehead atoms. The molecule has 1 fully saturated rings. The number of carbonyl (C=O) groups is 1. The van der Waals surface area contributed by atoms with E-state index < -0.39 is 10.0 Å². The Morgan fingerprint density at radius 1 is 1.04 bits per heavy atom. The van der Waals surface area contributed by atoms with Crippen molar-refractivity contribution in [3.05, 3.63) is 59.7 Å². The zero-order chi connectivity index (χ0) is 17.6. The summed E-state index contributed by atoms with van der Waals surface area (Å²) < 4.78 is 27.6. The fraction of sp³-hybridized carbons (Fsp3) is 0.316. The Hall–Kier alpha value is -2.18. The summed E-state index contributed by atoms with van der Waals surface area (Å²) >= 11 is 0. The molecular formula is C19H20N2O3S. The van der Waals surface area contributed by atoms with Crippen LogP contribution in [0.3, 0.4) is 0 Å². The van der Waals surface area contributed by atoms with Gasteiger partial charge in [-0.15, -0.1) is 0 Å². The van der Waals surface area contributed by atoms with E-state index in [9.17, 15) is 13.2 Å². The van der Waals surface area contributed by atoms with E-state index in [4.69, 9.17) is 0 Å². The first kappa shape index (κ1) is 16.3. The standard InChI is InChI=1S/C19H20N2O3S/c1-14-18-6-3-2-5-15(18)13-21(14)25(23,24)17-10-8-16(9-11-17)20-12-4-7-19(20)22/h2-3,5-6,8-11,14H,4,7,12-13H2,1H3. The number of sulfonamides is 1. The minimum absolute atomic E-state index is 0.0965. The highest BCUT2D eigenvalue weighted by molar-refractivity contribution is 7.89. The summed E-state index contributed by atoms with van der Waals surface area (Å²) in [5.41, 5.74) is 2.88. The molecule has 1 atom stereocenters. The Kier molecular flexibility index (Phi) is 3.89. The van der Waals surface area contributed by atoms with E-state index in [2.05, 4.69) is 0 Å². The van der Waals surface area contributed by atoms with Crippen LogP contribution in [0.25, 0.3) is 0 Å². The molecule has 2 aromatic rings. The average Bonchev–Trinajstić information content (AvgIpc) is 3.19. The molecule has 130 valence electrons. The predicted molar refractivity (Wildman–Crippen MR) is 95.6 cm³/mol. The van der Waals surface area contributed by atoms with Crippen LogP contribution >= 0.6 is 0 Å². The quantitative estimate of drug-likeness (QED) is 0.849. The molecule has 0 aliphatic carbocycles. The van der Waals surface area contributed by atoms with Gasteiger partial charge in [-0.1, -0.05) is 24.3 Å². The maximum atomic E-state index is 13.1. The van der Waals surface area contributed by atoms with Gasteiger partial charge < -0.3 is 4.90 Å². The fourth-order valence-corrected chi connectivity index (χ4v) is 5.28. The smallest absolute Gasteiger partial charge is 0.243 e. The molecule has 1 unspecified atom stereocenters. The van der Waals surface area contributed by atoms with Gasteiger partial charge in [0.1, 0.15) is 0 Å². The lowest BCUT2D eigenvalue weighted by Gasteiger charge is -2.22. The number of anilines is 1. The van der Waals surface area contributed by atoms with Crippen LogP contribution in [0.4, 0.5) is 5.69 Å². The maximum absolute atomic E-state index is 13.1. The van der Waals surface area contributed by atoms with Crippen molar-refractivity contribution in [2.45, 2.75) is 37.2 Å². The number of fused-ring (bicyclic) bond motifs is 1. The summed E-state index contributed by atoms with van der Waals surface area (Å²) in [5.74, 6) is 0.0965. The summed E-state index contributed by atoms with van der Waals surface area (Å²) in [7, 11) is -3.58. The molecule has 0 saturated carbocycles. The minimum Gasteiger partial charge on any atom is -0.312 e. The van der Waals surface area contributed by atoms with Crippen molar-refractivity contribution in [1.82, 2.24) is 4.31 Å². The lowest BCUT2D eigenvalue weighted by molar-refractivity contribution is -0.117. The van der Waals surface area contributed by atoms with E-state index in [1.807, 2.05) is 31.2 Å². The molecule has 0 N–H and O–H groups in total. The van der Waals surface area contributed by atoms with Crippen molar-refractivity contribution in [3.63, 3.8) is 0 Å². The van der Waals surface area contributed by atoms with Crippen LogP contribution < -0.4 is 4.90 Å². The number of benzene rings is 2. The van der Waals surface area contributed by atoms with Gasteiger partial charge in [-0.3, -0.25) is 4.79 Å². The largest absolute Gasteiger partial charge is 0.312 e. The van der Waals surface area contributed by atoms with Crippen molar-refractivity contribution in [2.24, 2.45) is 0 Å². The Morgan fingerprint density at radius 2 is 1.76 bits per heavy atom. The van der Waals surface area contributed by atoms with Crippen molar-refractivity contribution >= 4 is 21.6 Å². The van der Waals surface area contributed by atoms with Crippen LogP contribution in [0.1, 0.15) is 36.9 Å². The van der Waals surface area contributed by atoms with E-state index in [-0.39, 0.29) is 16.8 Å². The third-order valence-electron chi connectivity index (χ3n) is 5.09. The maximum Gasteiger partial charge on any atom is 0.243 e. The summed E-state index contributed by atoms with van der Waals surface area (Å²) in [4.78, 5) is 13.8. The lowest BCUT2D eigenvalue weighted by atomic mass is 10.1. The van der Waals surface area contributed by atoms with Gasteiger partial charge in [-0.05, 0) is 48.7 Å². The third kappa shape index (κ3) is 2.65. The summed E-state index contributed by atoms with van der Waals surface area (Å²) in [6.45, 7) is 3.01. The number of rotatable bonds is 3. The van der Waals surface area contributed by atoms with Gasteiger partial charge in [-0.25, -0.2) is 8.42 Å². The Balaban J connectivity index is 1.62. The zero-order valence-electron chi connectivity index (χ0n) is 14.1. The SMILES string of the molecule is CC1c2ccccc2CN1S(=O)(=O)c1ccc(N2CCCC2=O)cc1. The number of carbonyl (C=O) groups excluding carboxylic acids is 1. The molecule has 1 amide bonds. The number of hydrogen-bond acceptors (Lipinski definition) is 3. The molecule has 0 spiro atoms. The van der Waals surface area contributed by atoms with Crippen molar-refractivity contribution in [1.29, 1.82) is 0 Å². The highest BCUT2D eigenvalue weighted by Crippen LogP contribution is 2.37. The lowest BCUT2D eigenvalue weighted by Crippen LogP contribution is -2.28. The van der Waals surface area contributed by atoms with E-state index >= 15 is 0 Å². The molecule has 0 radical (unpaired) electrons.